The van der Waals surface area contributed by atoms with Crippen LogP contribution in [0, 0.1) is 0 Å². The number of likely N-dealkylation sites (tertiary alicyclic amines) is 1. The third kappa shape index (κ3) is 2.68. The number of para-hydroxylation sites is 1. The molecule has 1 fully saturated rings. The number of hydrogen-bond acceptors (Lipinski definition) is 1. The molecule has 0 saturated carbocycles. The molecule has 0 bridgehead atoms. The van der Waals surface area contributed by atoms with Gasteiger partial charge in [-0.15, -0.1) is 0 Å². The summed E-state index contributed by atoms with van der Waals surface area (Å²) >= 11 is 12.0. The lowest BCUT2D eigenvalue weighted by Crippen LogP contribution is -2.28. The van der Waals surface area contributed by atoms with Crippen molar-refractivity contribution in [3.8, 4) is 0 Å². The molecule has 1 aliphatic heterocycles. The fourth-order valence-electron chi connectivity index (χ4n) is 3.44. The largest absolute Gasteiger partial charge is 0.361 e. The van der Waals surface area contributed by atoms with Gasteiger partial charge in [0.15, 0.2) is 0 Å². The number of rotatable bonds is 2. The molecule has 4 rings (SSSR count). The fourth-order valence-corrected chi connectivity index (χ4v) is 3.74. The van der Waals surface area contributed by atoms with Gasteiger partial charge in [-0.1, -0.05) is 41.4 Å². The van der Waals surface area contributed by atoms with E-state index in [1.807, 2.05) is 17.0 Å². The van der Waals surface area contributed by atoms with Crippen molar-refractivity contribution in [1.82, 2.24) is 9.88 Å². The number of halogens is 2. The minimum absolute atomic E-state index is 0.0101. The van der Waals surface area contributed by atoms with Crippen molar-refractivity contribution < 1.29 is 4.79 Å². The Bertz CT molecular complexity index is 919. The number of hydrogen-bond donors (Lipinski definition) is 1. The van der Waals surface area contributed by atoms with Gasteiger partial charge in [0, 0.05) is 41.7 Å². The molecule has 1 atom stereocenters. The first-order chi connectivity index (χ1) is 11.6. The highest BCUT2D eigenvalue weighted by Crippen LogP contribution is 2.33. The van der Waals surface area contributed by atoms with Crippen LogP contribution in [0.15, 0.2) is 48.7 Å². The molecule has 0 radical (unpaired) electrons. The Morgan fingerprint density at radius 3 is 2.79 bits per heavy atom. The van der Waals surface area contributed by atoms with Crippen molar-refractivity contribution >= 4 is 40.0 Å². The van der Waals surface area contributed by atoms with E-state index >= 15 is 0 Å². The summed E-state index contributed by atoms with van der Waals surface area (Å²) in [6.07, 6.45) is 3.04. The molecule has 2 aromatic carbocycles. The summed E-state index contributed by atoms with van der Waals surface area (Å²) in [6.45, 7) is 1.48. The molecule has 1 aliphatic rings. The van der Waals surface area contributed by atoms with Gasteiger partial charge in [-0.25, -0.2) is 0 Å². The molecular weight excluding hydrogens is 343 g/mol. The first-order valence-electron chi connectivity index (χ1n) is 7.94. The SMILES string of the molecule is O=C(c1ccc(Cl)c(Cl)c1)N1CCC(c2c[nH]c3ccccc23)C1. The molecule has 0 spiro atoms. The van der Waals surface area contributed by atoms with Crippen molar-refractivity contribution in [3.63, 3.8) is 0 Å². The third-order valence-electron chi connectivity index (χ3n) is 4.70. The van der Waals surface area contributed by atoms with E-state index in [0.29, 0.717) is 21.5 Å². The van der Waals surface area contributed by atoms with Crippen LogP contribution in [-0.2, 0) is 0 Å². The average molecular weight is 359 g/mol. The Balaban J connectivity index is 1.55. The van der Waals surface area contributed by atoms with Crippen LogP contribution >= 0.6 is 23.2 Å². The Morgan fingerprint density at radius 1 is 1.12 bits per heavy atom. The first kappa shape index (κ1) is 15.6. The van der Waals surface area contributed by atoms with Gasteiger partial charge in [0.2, 0.25) is 0 Å². The zero-order valence-corrected chi connectivity index (χ0v) is 14.4. The van der Waals surface area contributed by atoms with E-state index in [9.17, 15) is 4.79 Å². The van der Waals surface area contributed by atoms with Crippen molar-refractivity contribution in [2.24, 2.45) is 0 Å². The van der Waals surface area contributed by atoms with E-state index in [1.54, 1.807) is 18.2 Å². The lowest BCUT2D eigenvalue weighted by atomic mass is 9.98. The highest BCUT2D eigenvalue weighted by Gasteiger charge is 2.29. The molecule has 3 nitrogen and oxygen atoms in total. The lowest BCUT2D eigenvalue weighted by Gasteiger charge is -2.17. The maximum absolute atomic E-state index is 12.7. The van der Waals surface area contributed by atoms with Gasteiger partial charge in [0.05, 0.1) is 10.0 Å². The smallest absolute Gasteiger partial charge is 0.253 e. The highest BCUT2D eigenvalue weighted by molar-refractivity contribution is 6.42. The van der Waals surface area contributed by atoms with Gasteiger partial charge in [0.25, 0.3) is 5.91 Å². The van der Waals surface area contributed by atoms with Crippen LogP contribution < -0.4 is 0 Å². The van der Waals surface area contributed by atoms with Crippen LogP contribution in [0.3, 0.4) is 0 Å². The maximum Gasteiger partial charge on any atom is 0.253 e. The zero-order valence-electron chi connectivity index (χ0n) is 12.9. The molecule has 5 heteroatoms. The molecule has 0 aliphatic carbocycles. The van der Waals surface area contributed by atoms with E-state index in [2.05, 4.69) is 23.3 Å². The molecule has 2 heterocycles. The zero-order chi connectivity index (χ0) is 16.7. The van der Waals surface area contributed by atoms with E-state index in [1.165, 1.54) is 10.9 Å². The van der Waals surface area contributed by atoms with Crippen LogP contribution in [0.4, 0.5) is 0 Å². The summed E-state index contributed by atoms with van der Waals surface area (Å²) in [5.41, 5.74) is 3.01. The average Bonchev–Trinajstić information content (AvgIpc) is 3.23. The topological polar surface area (TPSA) is 36.1 Å². The number of nitrogens with one attached hydrogen (secondary N) is 1. The standard InChI is InChI=1S/C19H16Cl2N2O/c20-16-6-5-12(9-17(16)21)19(24)23-8-7-13(11-23)15-10-22-18-4-2-1-3-14(15)18/h1-6,9-10,13,22H,7-8,11H2. The maximum atomic E-state index is 12.7. The number of amides is 1. The number of aromatic amines is 1. The Morgan fingerprint density at radius 2 is 1.96 bits per heavy atom. The van der Waals surface area contributed by atoms with E-state index in [-0.39, 0.29) is 5.91 Å². The molecule has 1 aromatic heterocycles. The van der Waals surface area contributed by atoms with Crippen molar-refractivity contribution in [1.29, 1.82) is 0 Å². The predicted molar refractivity (Wildman–Crippen MR) is 98.0 cm³/mol. The Labute approximate surface area is 150 Å². The quantitative estimate of drug-likeness (QED) is 0.679. The highest BCUT2D eigenvalue weighted by atomic mass is 35.5. The number of nitrogens with zero attached hydrogens (tertiary/aromatic N) is 1. The molecule has 1 N–H and O–H groups in total. The van der Waals surface area contributed by atoms with Gasteiger partial charge < -0.3 is 9.88 Å². The number of fused-ring (bicyclic) bond motifs is 1. The second kappa shape index (κ2) is 6.15. The molecule has 1 amide bonds. The van der Waals surface area contributed by atoms with Crippen molar-refractivity contribution in [2.45, 2.75) is 12.3 Å². The molecular formula is C19H16Cl2N2O. The van der Waals surface area contributed by atoms with Crippen LogP contribution in [0.1, 0.15) is 28.3 Å². The number of carbonyl (C=O) groups is 1. The van der Waals surface area contributed by atoms with Gasteiger partial charge in [-0.2, -0.15) is 0 Å². The monoisotopic (exact) mass is 358 g/mol. The van der Waals surface area contributed by atoms with E-state index in [0.717, 1.165) is 25.0 Å². The van der Waals surface area contributed by atoms with Crippen LogP contribution in [0.5, 0.6) is 0 Å². The minimum Gasteiger partial charge on any atom is -0.361 e. The van der Waals surface area contributed by atoms with Gasteiger partial charge in [-0.3, -0.25) is 4.79 Å². The predicted octanol–water partition coefficient (Wildman–Crippen LogP) is 5.10. The number of benzene rings is 2. The summed E-state index contributed by atoms with van der Waals surface area (Å²) in [5, 5.41) is 2.12. The number of H-pyrrole nitrogens is 1. The van der Waals surface area contributed by atoms with Crippen molar-refractivity contribution in [2.75, 3.05) is 13.1 Å². The lowest BCUT2D eigenvalue weighted by molar-refractivity contribution is 0.0791. The summed E-state index contributed by atoms with van der Waals surface area (Å²) in [6, 6.07) is 13.3. The summed E-state index contributed by atoms with van der Waals surface area (Å²) in [5.74, 6) is 0.365. The molecule has 122 valence electrons. The first-order valence-corrected chi connectivity index (χ1v) is 8.69. The third-order valence-corrected chi connectivity index (χ3v) is 5.44. The van der Waals surface area contributed by atoms with E-state index < -0.39 is 0 Å². The van der Waals surface area contributed by atoms with Crippen LogP contribution in [0.2, 0.25) is 10.0 Å². The normalized spacial score (nSPS) is 17.6. The molecule has 24 heavy (non-hydrogen) atoms. The van der Waals surface area contributed by atoms with E-state index in [4.69, 9.17) is 23.2 Å². The molecule has 1 saturated heterocycles. The Kier molecular flexibility index (Phi) is 3.99. The Hall–Kier alpha value is -1.97. The van der Waals surface area contributed by atoms with Gasteiger partial charge >= 0.3 is 0 Å². The van der Waals surface area contributed by atoms with Gasteiger partial charge in [0.1, 0.15) is 0 Å². The van der Waals surface area contributed by atoms with Crippen LogP contribution in [-0.4, -0.2) is 28.9 Å². The number of aromatic nitrogens is 1. The summed E-state index contributed by atoms with van der Waals surface area (Å²) in [4.78, 5) is 17.9. The van der Waals surface area contributed by atoms with Gasteiger partial charge in [-0.05, 0) is 36.2 Å². The fraction of sp³-hybridized carbons (Fsp3) is 0.211. The second-order valence-corrected chi connectivity index (χ2v) is 6.97. The van der Waals surface area contributed by atoms with Crippen molar-refractivity contribution in [3.05, 3.63) is 69.8 Å². The molecule has 3 aromatic rings. The minimum atomic E-state index is 0.0101. The summed E-state index contributed by atoms with van der Waals surface area (Å²) < 4.78 is 0. The molecule has 1 unspecified atom stereocenters. The van der Waals surface area contributed by atoms with Crippen LogP contribution in [0.25, 0.3) is 10.9 Å². The summed E-state index contributed by atoms with van der Waals surface area (Å²) in [7, 11) is 0. The second-order valence-electron chi connectivity index (χ2n) is 6.16. The number of carbonyl (C=O) groups excluding carboxylic acids is 1.